The van der Waals surface area contributed by atoms with E-state index in [0.717, 1.165) is 16.7 Å². The average molecular weight is 215 g/mol. The minimum absolute atomic E-state index is 0.153. The molecule has 2 rings (SSSR count). The van der Waals surface area contributed by atoms with E-state index in [1.807, 2.05) is 32.0 Å². The van der Waals surface area contributed by atoms with Crippen LogP contribution in [0.5, 0.6) is 0 Å². The second kappa shape index (κ2) is 4.08. The van der Waals surface area contributed by atoms with Crippen molar-refractivity contribution >= 4 is 11.9 Å². The molecule has 0 aliphatic heterocycles. The summed E-state index contributed by atoms with van der Waals surface area (Å²) in [6.07, 6.45) is 1.42. The van der Waals surface area contributed by atoms with Crippen LogP contribution in [0.3, 0.4) is 0 Å². The first-order chi connectivity index (χ1) is 7.70. The van der Waals surface area contributed by atoms with Crippen LogP contribution in [0.4, 0.5) is 5.82 Å². The monoisotopic (exact) mass is 215 g/mol. The largest absolute Gasteiger partial charge is 0.242 e. The first-order valence-corrected chi connectivity index (χ1v) is 4.70. The molecule has 1 heterocycles. The molecule has 0 unspecified atom stereocenters. The van der Waals surface area contributed by atoms with Crippen molar-refractivity contribution in [3.8, 4) is 11.3 Å². The highest BCUT2D eigenvalue weighted by atomic mass is 16.6. The summed E-state index contributed by atoms with van der Waals surface area (Å²) in [7, 11) is 0. The van der Waals surface area contributed by atoms with Gasteiger partial charge >= 0.3 is 0 Å². The van der Waals surface area contributed by atoms with Crippen molar-refractivity contribution in [2.24, 2.45) is 4.99 Å². The Morgan fingerprint density at radius 1 is 1.19 bits per heavy atom. The van der Waals surface area contributed by atoms with Crippen LogP contribution in [0.1, 0.15) is 11.1 Å². The number of benzene rings is 1. The van der Waals surface area contributed by atoms with Crippen molar-refractivity contribution in [2.45, 2.75) is 13.8 Å². The number of carbonyl (C=O) groups excluding carboxylic acids is 1. The van der Waals surface area contributed by atoms with E-state index < -0.39 is 0 Å². The lowest BCUT2D eigenvalue weighted by molar-refractivity contribution is 0.309. The third-order valence-electron chi connectivity index (χ3n) is 2.12. The Kier molecular flexibility index (Phi) is 2.62. The van der Waals surface area contributed by atoms with Gasteiger partial charge < -0.3 is 0 Å². The molecular weight excluding hydrogens is 206 g/mol. The van der Waals surface area contributed by atoms with Gasteiger partial charge in [-0.1, -0.05) is 17.2 Å². The van der Waals surface area contributed by atoms with E-state index in [9.17, 15) is 4.79 Å². The van der Waals surface area contributed by atoms with E-state index in [0.29, 0.717) is 5.69 Å². The average Bonchev–Trinajstić information content (AvgIpc) is 2.65. The first kappa shape index (κ1) is 10.3. The molecule has 0 radical (unpaired) electrons. The Morgan fingerprint density at radius 2 is 1.88 bits per heavy atom. The Labute approximate surface area is 91.8 Å². The zero-order chi connectivity index (χ0) is 11.5. The standard InChI is InChI=1S/C11H9N3O2/c1-7-3-8(2)5-9(4-7)10-11(12-6-15)14-16-13-10/h3-5H,1-2H3. The first-order valence-electron chi connectivity index (χ1n) is 4.70. The Bertz CT molecular complexity index is 548. The zero-order valence-corrected chi connectivity index (χ0v) is 8.89. The molecule has 1 aromatic carbocycles. The zero-order valence-electron chi connectivity index (χ0n) is 8.89. The molecule has 0 saturated carbocycles. The lowest BCUT2D eigenvalue weighted by Gasteiger charge is -2.00. The molecule has 1 aromatic heterocycles. The maximum Gasteiger partial charge on any atom is 0.242 e. The van der Waals surface area contributed by atoms with E-state index in [1.165, 1.54) is 6.08 Å². The normalized spacial score (nSPS) is 9.88. The van der Waals surface area contributed by atoms with E-state index in [-0.39, 0.29) is 5.82 Å². The highest BCUT2D eigenvalue weighted by Gasteiger charge is 2.12. The molecule has 0 aliphatic carbocycles. The van der Waals surface area contributed by atoms with Crippen LogP contribution < -0.4 is 0 Å². The van der Waals surface area contributed by atoms with Gasteiger partial charge in [0.2, 0.25) is 11.9 Å². The number of aryl methyl sites for hydroxylation is 2. The minimum Gasteiger partial charge on any atom is -0.242 e. The van der Waals surface area contributed by atoms with Crippen molar-refractivity contribution in [2.75, 3.05) is 0 Å². The number of nitrogens with zero attached hydrogens (tertiary/aromatic N) is 3. The Hall–Kier alpha value is -2.26. The summed E-state index contributed by atoms with van der Waals surface area (Å²) in [4.78, 5) is 13.6. The van der Waals surface area contributed by atoms with Crippen LogP contribution in [0.25, 0.3) is 11.3 Å². The SMILES string of the molecule is Cc1cc(C)cc(-c2nonc2N=C=O)c1. The molecule has 0 saturated heterocycles. The maximum absolute atomic E-state index is 10.2. The molecule has 0 fully saturated rings. The van der Waals surface area contributed by atoms with Crippen molar-refractivity contribution in [3.05, 3.63) is 29.3 Å². The summed E-state index contributed by atoms with van der Waals surface area (Å²) in [6, 6.07) is 5.90. The minimum atomic E-state index is 0.153. The lowest BCUT2D eigenvalue weighted by atomic mass is 10.1. The maximum atomic E-state index is 10.2. The molecule has 0 amide bonds. The quantitative estimate of drug-likeness (QED) is 0.569. The molecule has 0 N–H and O–H groups in total. The predicted molar refractivity (Wildman–Crippen MR) is 57.0 cm³/mol. The van der Waals surface area contributed by atoms with Crippen LogP contribution in [0, 0.1) is 13.8 Å². The summed E-state index contributed by atoms with van der Waals surface area (Å²) in [5.74, 6) is 0.153. The second-order valence-corrected chi connectivity index (χ2v) is 3.52. The highest BCUT2D eigenvalue weighted by molar-refractivity contribution is 5.71. The fourth-order valence-corrected chi connectivity index (χ4v) is 1.59. The topological polar surface area (TPSA) is 68.3 Å². The molecule has 2 aromatic rings. The van der Waals surface area contributed by atoms with Crippen LogP contribution >= 0.6 is 0 Å². The molecule has 5 nitrogen and oxygen atoms in total. The molecule has 0 spiro atoms. The molecule has 16 heavy (non-hydrogen) atoms. The Morgan fingerprint density at radius 3 is 2.50 bits per heavy atom. The fraction of sp³-hybridized carbons (Fsp3) is 0.182. The van der Waals surface area contributed by atoms with Crippen molar-refractivity contribution in [1.29, 1.82) is 0 Å². The predicted octanol–water partition coefficient (Wildman–Crippen LogP) is 2.32. The van der Waals surface area contributed by atoms with Gasteiger partial charge in [-0.2, -0.15) is 0 Å². The highest BCUT2D eigenvalue weighted by Crippen LogP contribution is 2.27. The van der Waals surface area contributed by atoms with Gasteiger partial charge in [0, 0.05) is 5.56 Å². The summed E-state index contributed by atoms with van der Waals surface area (Å²) in [6.45, 7) is 3.96. The van der Waals surface area contributed by atoms with Crippen molar-refractivity contribution in [3.63, 3.8) is 0 Å². The third-order valence-corrected chi connectivity index (χ3v) is 2.12. The summed E-state index contributed by atoms with van der Waals surface area (Å²) >= 11 is 0. The fourth-order valence-electron chi connectivity index (χ4n) is 1.59. The Balaban J connectivity index is 2.58. The second-order valence-electron chi connectivity index (χ2n) is 3.52. The van der Waals surface area contributed by atoms with Gasteiger partial charge in [0.1, 0.15) is 0 Å². The van der Waals surface area contributed by atoms with Gasteiger partial charge in [-0.25, -0.2) is 9.42 Å². The van der Waals surface area contributed by atoms with Gasteiger partial charge in [-0.3, -0.25) is 0 Å². The van der Waals surface area contributed by atoms with Gasteiger partial charge in [0.05, 0.1) is 0 Å². The molecule has 5 heteroatoms. The molecule has 0 aliphatic rings. The van der Waals surface area contributed by atoms with Gasteiger partial charge in [-0.05, 0) is 36.3 Å². The smallest absolute Gasteiger partial charge is 0.242 e. The third kappa shape index (κ3) is 1.89. The van der Waals surface area contributed by atoms with Gasteiger partial charge in [0.25, 0.3) is 0 Å². The van der Waals surface area contributed by atoms with Crippen LogP contribution in [-0.2, 0) is 4.79 Å². The number of aliphatic imine (C=N–C) groups is 1. The van der Waals surface area contributed by atoms with E-state index in [4.69, 9.17) is 0 Å². The molecule has 0 atom stereocenters. The number of isocyanates is 1. The van der Waals surface area contributed by atoms with Gasteiger partial charge in [-0.15, -0.1) is 4.99 Å². The summed E-state index contributed by atoms with van der Waals surface area (Å²) < 4.78 is 4.56. The summed E-state index contributed by atoms with van der Waals surface area (Å²) in [5.41, 5.74) is 3.47. The van der Waals surface area contributed by atoms with E-state index in [2.05, 4.69) is 19.9 Å². The van der Waals surface area contributed by atoms with Crippen LogP contribution in [-0.4, -0.2) is 16.4 Å². The van der Waals surface area contributed by atoms with Crippen LogP contribution in [0.2, 0.25) is 0 Å². The van der Waals surface area contributed by atoms with Crippen LogP contribution in [0.15, 0.2) is 27.8 Å². The lowest BCUT2D eigenvalue weighted by Crippen LogP contribution is -1.83. The van der Waals surface area contributed by atoms with E-state index >= 15 is 0 Å². The molecule has 80 valence electrons. The van der Waals surface area contributed by atoms with Gasteiger partial charge in [0.15, 0.2) is 5.69 Å². The number of hydrogen-bond acceptors (Lipinski definition) is 5. The summed E-state index contributed by atoms with van der Waals surface area (Å²) in [5, 5.41) is 7.25. The molecule has 0 bridgehead atoms. The number of aromatic nitrogens is 2. The van der Waals surface area contributed by atoms with Crippen molar-refractivity contribution in [1.82, 2.24) is 10.3 Å². The van der Waals surface area contributed by atoms with E-state index in [1.54, 1.807) is 0 Å². The number of hydrogen-bond donors (Lipinski definition) is 0. The molecular formula is C11H9N3O2. The van der Waals surface area contributed by atoms with Crippen molar-refractivity contribution < 1.29 is 9.42 Å². The number of rotatable bonds is 2.